The second-order valence-electron chi connectivity index (χ2n) is 6.42. The van der Waals surface area contributed by atoms with E-state index in [-0.39, 0.29) is 5.91 Å². The van der Waals surface area contributed by atoms with Crippen LogP contribution in [-0.2, 0) is 13.0 Å². The van der Waals surface area contributed by atoms with Gasteiger partial charge in [-0.15, -0.1) is 0 Å². The third-order valence-electron chi connectivity index (χ3n) is 4.81. The lowest BCUT2D eigenvalue weighted by Crippen LogP contribution is -2.29. The summed E-state index contributed by atoms with van der Waals surface area (Å²) in [5.74, 6) is 0.972. The van der Waals surface area contributed by atoms with Gasteiger partial charge in [-0.05, 0) is 49.6 Å². The van der Waals surface area contributed by atoms with E-state index in [1.807, 2.05) is 43.3 Å². The highest BCUT2D eigenvalue weighted by Gasteiger charge is 2.17. The average Bonchev–Trinajstić information content (AvgIpc) is 2.96. The van der Waals surface area contributed by atoms with Crippen molar-refractivity contribution in [1.29, 1.82) is 0 Å². The van der Waals surface area contributed by atoms with Crippen molar-refractivity contribution in [1.82, 2.24) is 14.9 Å². The third-order valence-corrected chi connectivity index (χ3v) is 4.81. The van der Waals surface area contributed by atoms with Crippen LogP contribution in [0.3, 0.4) is 0 Å². The molecule has 0 atom stereocenters. The molecule has 2 aromatic carbocycles. The van der Waals surface area contributed by atoms with Crippen molar-refractivity contribution in [3.05, 3.63) is 59.4 Å². The number of hydrogen-bond donors (Lipinski definition) is 2. The van der Waals surface area contributed by atoms with Gasteiger partial charge in [-0.25, -0.2) is 4.98 Å². The summed E-state index contributed by atoms with van der Waals surface area (Å²) in [5, 5.41) is 6.44. The number of aromatic nitrogens is 2. The number of amides is 1. The number of aryl methyl sites for hydroxylation is 1. The molecule has 0 fully saturated rings. The maximum atomic E-state index is 12.6. The molecule has 0 bridgehead atoms. The summed E-state index contributed by atoms with van der Waals surface area (Å²) >= 11 is 0. The van der Waals surface area contributed by atoms with Gasteiger partial charge in [0.15, 0.2) is 0 Å². The molecule has 3 aromatic rings. The number of fused-ring (bicyclic) bond motifs is 2. The molecule has 0 spiro atoms. The van der Waals surface area contributed by atoms with Crippen molar-refractivity contribution in [2.75, 3.05) is 18.4 Å². The number of benzene rings is 2. The number of para-hydroxylation sites is 2. The fraction of sp³-hybridized carbons (Fsp3) is 0.300. The summed E-state index contributed by atoms with van der Waals surface area (Å²) in [6.07, 6.45) is 2.02. The van der Waals surface area contributed by atoms with Crippen LogP contribution in [0.25, 0.3) is 11.0 Å². The second-order valence-corrected chi connectivity index (χ2v) is 6.42. The zero-order valence-electron chi connectivity index (χ0n) is 14.4. The van der Waals surface area contributed by atoms with Gasteiger partial charge in [-0.3, -0.25) is 4.79 Å². The van der Waals surface area contributed by atoms with Crippen LogP contribution in [-0.4, -0.2) is 28.5 Å². The monoisotopic (exact) mass is 334 g/mol. The van der Waals surface area contributed by atoms with E-state index in [9.17, 15) is 4.79 Å². The van der Waals surface area contributed by atoms with Crippen molar-refractivity contribution in [2.24, 2.45) is 0 Å². The van der Waals surface area contributed by atoms with Crippen molar-refractivity contribution >= 4 is 22.6 Å². The van der Waals surface area contributed by atoms with Crippen LogP contribution >= 0.6 is 0 Å². The van der Waals surface area contributed by atoms with E-state index < -0.39 is 0 Å². The SMILES string of the molecule is Cc1nc2ccccc2n1CCNC(=O)c1cccc2c1CCCN2. The summed E-state index contributed by atoms with van der Waals surface area (Å²) < 4.78 is 2.15. The van der Waals surface area contributed by atoms with Crippen LogP contribution in [0.1, 0.15) is 28.2 Å². The molecule has 0 unspecified atom stereocenters. The first-order valence-electron chi connectivity index (χ1n) is 8.80. The molecule has 128 valence electrons. The molecule has 5 heteroatoms. The Hall–Kier alpha value is -2.82. The summed E-state index contributed by atoms with van der Waals surface area (Å²) in [7, 11) is 0. The molecule has 0 saturated carbocycles. The van der Waals surface area contributed by atoms with Crippen molar-refractivity contribution in [3.8, 4) is 0 Å². The van der Waals surface area contributed by atoms with Crippen molar-refractivity contribution in [3.63, 3.8) is 0 Å². The number of imidazole rings is 1. The Morgan fingerprint density at radius 1 is 1.24 bits per heavy atom. The Bertz CT molecular complexity index is 929. The third kappa shape index (κ3) is 2.97. The minimum atomic E-state index is 0.00243. The summed E-state index contributed by atoms with van der Waals surface area (Å²) in [5.41, 5.74) is 5.12. The predicted octanol–water partition coefficient (Wildman–Crippen LogP) is 3.13. The Morgan fingerprint density at radius 2 is 2.12 bits per heavy atom. The van der Waals surface area contributed by atoms with E-state index in [4.69, 9.17) is 0 Å². The molecule has 5 nitrogen and oxygen atoms in total. The fourth-order valence-corrected chi connectivity index (χ4v) is 3.58. The lowest BCUT2D eigenvalue weighted by atomic mass is 9.97. The highest BCUT2D eigenvalue weighted by Crippen LogP contribution is 2.25. The summed E-state index contributed by atoms with van der Waals surface area (Å²) in [6, 6.07) is 14.0. The molecule has 4 rings (SSSR count). The highest BCUT2D eigenvalue weighted by atomic mass is 16.1. The average molecular weight is 334 g/mol. The smallest absolute Gasteiger partial charge is 0.251 e. The molecular formula is C20H22N4O. The minimum Gasteiger partial charge on any atom is -0.385 e. The molecule has 1 aliphatic rings. The number of rotatable bonds is 4. The molecule has 0 radical (unpaired) electrons. The van der Waals surface area contributed by atoms with E-state index >= 15 is 0 Å². The van der Waals surface area contributed by atoms with E-state index in [0.717, 1.165) is 53.1 Å². The van der Waals surface area contributed by atoms with Gasteiger partial charge in [-0.1, -0.05) is 18.2 Å². The first-order chi connectivity index (χ1) is 12.2. The summed E-state index contributed by atoms with van der Waals surface area (Å²) in [6.45, 7) is 4.27. The zero-order chi connectivity index (χ0) is 17.2. The van der Waals surface area contributed by atoms with Gasteiger partial charge < -0.3 is 15.2 Å². The second kappa shape index (κ2) is 6.59. The van der Waals surface area contributed by atoms with E-state index in [1.165, 1.54) is 0 Å². The van der Waals surface area contributed by atoms with E-state index in [1.54, 1.807) is 0 Å². The topological polar surface area (TPSA) is 59.0 Å². The number of carbonyl (C=O) groups excluding carboxylic acids is 1. The Balaban J connectivity index is 1.47. The molecule has 2 N–H and O–H groups in total. The molecule has 0 aliphatic carbocycles. The molecule has 1 aromatic heterocycles. The first kappa shape index (κ1) is 15.7. The Labute approximate surface area is 147 Å². The zero-order valence-corrected chi connectivity index (χ0v) is 14.4. The molecular weight excluding hydrogens is 312 g/mol. The number of anilines is 1. The quantitative estimate of drug-likeness (QED) is 0.771. The molecule has 0 saturated heterocycles. The Morgan fingerprint density at radius 3 is 3.04 bits per heavy atom. The van der Waals surface area contributed by atoms with Gasteiger partial charge >= 0.3 is 0 Å². The van der Waals surface area contributed by atoms with Gasteiger partial charge in [-0.2, -0.15) is 0 Å². The van der Waals surface area contributed by atoms with Gasteiger partial charge in [0.2, 0.25) is 0 Å². The maximum absolute atomic E-state index is 12.6. The normalized spacial score (nSPS) is 13.3. The minimum absolute atomic E-state index is 0.00243. The molecule has 1 aliphatic heterocycles. The van der Waals surface area contributed by atoms with Crippen LogP contribution in [0.2, 0.25) is 0 Å². The van der Waals surface area contributed by atoms with Gasteiger partial charge in [0.05, 0.1) is 11.0 Å². The molecule has 2 heterocycles. The molecule has 1 amide bonds. The molecule has 25 heavy (non-hydrogen) atoms. The highest BCUT2D eigenvalue weighted by molar-refractivity contribution is 5.97. The van der Waals surface area contributed by atoms with Gasteiger partial charge in [0.1, 0.15) is 5.82 Å². The van der Waals surface area contributed by atoms with Gasteiger partial charge in [0, 0.05) is 30.9 Å². The van der Waals surface area contributed by atoms with E-state index in [2.05, 4.69) is 26.3 Å². The maximum Gasteiger partial charge on any atom is 0.251 e. The van der Waals surface area contributed by atoms with Crippen LogP contribution < -0.4 is 10.6 Å². The van der Waals surface area contributed by atoms with Crippen LogP contribution in [0.4, 0.5) is 5.69 Å². The standard InChI is InChI=1S/C20H22N4O/c1-14-23-18-8-2-3-10-19(18)24(14)13-12-22-20(25)16-6-4-9-17-15(16)7-5-11-21-17/h2-4,6,8-10,21H,5,7,11-13H2,1H3,(H,22,25). The van der Waals surface area contributed by atoms with Crippen LogP contribution in [0.15, 0.2) is 42.5 Å². The lowest BCUT2D eigenvalue weighted by molar-refractivity contribution is 0.0951. The number of nitrogens with one attached hydrogen (secondary N) is 2. The number of hydrogen-bond acceptors (Lipinski definition) is 3. The van der Waals surface area contributed by atoms with E-state index in [0.29, 0.717) is 13.1 Å². The van der Waals surface area contributed by atoms with Crippen molar-refractivity contribution in [2.45, 2.75) is 26.3 Å². The number of carbonyl (C=O) groups is 1. The first-order valence-corrected chi connectivity index (χ1v) is 8.80. The van der Waals surface area contributed by atoms with Crippen molar-refractivity contribution < 1.29 is 4.79 Å². The largest absolute Gasteiger partial charge is 0.385 e. The van der Waals surface area contributed by atoms with Crippen LogP contribution in [0.5, 0.6) is 0 Å². The van der Waals surface area contributed by atoms with Gasteiger partial charge in [0.25, 0.3) is 5.91 Å². The Kier molecular flexibility index (Phi) is 4.14. The number of nitrogens with zero attached hydrogens (tertiary/aromatic N) is 2. The predicted molar refractivity (Wildman–Crippen MR) is 100 cm³/mol. The van der Waals surface area contributed by atoms with Crippen LogP contribution in [0, 0.1) is 6.92 Å². The summed E-state index contributed by atoms with van der Waals surface area (Å²) in [4.78, 5) is 17.2. The fourth-order valence-electron chi connectivity index (χ4n) is 3.58. The lowest BCUT2D eigenvalue weighted by Gasteiger charge is -2.20.